The van der Waals surface area contributed by atoms with Crippen LogP contribution in [0.2, 0.25) is 0 Å². The van der Waals surface area contributed by atoms with Crippen LogP contribution in [0.1, 0.15) is 76.0 Å². The van der Waals surface area contributed by atoms with Crippen LogP contribution in [-0.4, -0.2) is 9.13 Å². The number of fused-ring (bicyclic) bond motifs is 6. The number of hydrogen-bond donors (Lipinski definition) is 1. The zero-order valence-corrected chi connectivity index (χ0v) is 48.2. The Bertz CT molecular complexity index is 3410. The molecule has 0 atom stereocenters. The van der Waals surface area contributed by atoms with E-state index in [1.807, 2.05) is 36.4 Å². The second-order valence-electron chi connectivity index (χ2n) is 18.7. The minimum absolute atomic E-state index is 0.852. The predicted octanol–water partition coefficient (Wildman–Crippen LogP) is 21.2. The van der Waals surface area contributed by atoms with Gasteiger partial charge in [-0.3, -0.25) is 0 Å². The molecule has 368 valence electrons. The summed E-state index contributed by atoms with van der Waals surface area (Å²) < 4.78 is 9.18. The van der Waals surface area contributed by atoms with Gasteiger partial charge in [0, 0.05) is 56.5 Å². The number of benzene rings is 9. The van der Waals surface area contributed by atoms with E-state index >= 15 is 0 Å². The molecule has 0 amide bonds. The number of aryl methyl sites for hydroxylation is 3. The van der Waals surface area contributed by atoms with Gasteiger partial charge < -0.3 is 14.9 Å². The summed E-state index contributed by atoms with van der Waals surface area (Å²) >= 11 is 14.7. The van der Waals surface area contributed by atoms with Crippen LogP contribution in [0.5, 0.6) is 0 Å². The van der Waals surface area contributed by atoms with E-state index in [-0.39, 0.29) is 0 Å². The molecule has 0 fully saturated rings. The molecule has 0 bridgehead atoms. The average Bonchev–Trinajstić information content (AvgIpc) is 3.92. The Morgan fingerprint density at radius 2 is 0.671 bits per heavy atom. The molecular weight excluding hydrogens is 1150 g/mol. The van der Waals surface area contributed by atoms with Gasteiger partial charge in [-0.1, -0.05) is 213 Å². The van der Waals surface area contributed by atoms with Gasteiger partial charge in [-0.05, 0) is 162 Å². The van der Waals surface area contributed by atoms with Crippen molar-refractivity contribution in [2.75, 3.05) is 5.73 Å². The fourth-order valence-electron chi connectivity index (χ4n) is 9.76. The highest BCUT2D eigenvalue weighted by molar-refractivity contribution is 9.11. The molecule has 0 aliphatic rings. The lowest BCUT2D eigenvalue weighted by Crippen LogP contribution is -1.96. The molecule has 2 aromatic heterocycles. The van der Waals surface area contributed by atoms with Gasteiger partial charge in [0.15, 0.2) is 0 Å². The molecule has 11 aromatic rings. The molecule has 9 aromatic carbocycles. The standard InChI is InChI=1S/C38H36N2.C18H10Br4.C10H15N/c1-3-5-11-27-17-21-29(22-18-27)39-35-15-9-7-13-31(35)33-26-38-34(25-37(33)39)32-14-8-10-16-36(32)40(38)30-23-19-28(20-24-30)12-6-4-2;19-15-7-3-1-5-11(15)13-9-18(22)14(10-17(13)21)12-6-2-4-8-16(12)20;1-2-3-4-9-5-7-10(11)8-6-9/h7-10,13-26H,3-6,11-12H2,1-2H3;1-10H;5-8H,2-4,11H2,1H3. The van der Waals surface area contributed by atoms with E-state index < -0.39 is 0 Å². The molecule has 2 N–H and O–H groups in total. The molecule has 0 spiro atoms. The summed E-state index contributed by atoms with van der Waals surface area (Å²) in [6.45, 7) is 6.72. The van der Waals surface area contributed by atoms with Crippen molar-refractivity contribution in [3.63, 3.8) is 0 Å². The van der Waals surface area contributed by atoms with Gasteiger partial charge in [0.1, 0.15) is 0 Å². The Kier molecular flexibility index (Phi) is 17.5. The molecule has 0 unspecified atom stereocenters. The number of rotatable bonds is 13. The molecule has 0 saturated heterocycles. The second kappa shape index (κ2) is 24.6. The van der Waals surface area contributed by atoms with Crippen LogP contribution in [0.15, 0.2) is 212 Å². The maximum Gasteiger partial charge on any atom is 0.0548 e. The number of unbranched alkanes of at least 4 members (excludes halogenated alkanes) is 3. The highest BCUT2D eigenvalue weighted by Gasteiger charge is 2.19. The average molecular weight is 1220 g/mol. The Morgan fingerprint density at radius 3 is 1.04 bits per heavy atom. The minimum Gasteiger partial charge on any atom is -0.399 e. The molecule has 7 heteroatoms. The van der Waals surface area contributed by atoms with Gasteiger partial charge >= 0.3 is 0 Å². The third kappa shape index (κ3) is 11.8. The Morgan fingerprint density at radius 1 is 0.329 bits per heavy atom. The van der Waals surface area contributed by atoms with Crippen LogP contribution in [0.4, 0.5) is 5.69 Å². The van der Waals surface area contributed by atoms with E-state index in [2.05, 4.69) is 251 Å². The van der Waals surface area contributed by atoms with E-state index in [1.54, 1.807) is 0 Å². The largest absolute Gasteiger partial charge is 0.399 e. The molecule has 3 nitrogen and oxygen atoms in total. The summed E-state index contributed by atoms with van der Waals surface area (Å²) in [4.78, 5) is 0. The van der Waals surface area contributed by atoms with E-state index in [4.69, 9.17) is 5.73 Å². The molecule has 0 aliphatic heterocycles. The van der Waals surface area contributed by atoms with E-state index in [9.17, 15) is 0 Å². The monoisotopic (exact) mass is 1210 g/mol. The number of aromatic nitrogens is 2. The second-order valence-corrected chi connectivity index (χ2v) is 22.2. The van der Waals surface area contributed by atoms with Crippen LogP contribution in [0, 0.1) is 0 Å². The highest BCUT2D eigenvalue weighted by Crippen LogP contribution is 2.43. The Labute approximate surface area is 465 Å². The topological polar surface area (TPSA) is 35.9 Å². The number of nitrogens with two attached hydrogens (primary N) is 1. The predicted molar refractivity (Wildman–Crippen MR) is 330 cm³/mol. The third-order valence-electron chi connectivity index (χ3n) is 13.7. The lowest BCUT2D eigenvalue weighted by Gasteiger charge is -2.13. The molecule has 0 aliphatic carbocycles. The Hall–Kier alpha value is -5.70. The molecule has 0 radical (unpaired) electrons. The number of anilines is 1. The first-order valence-corrected chi connectivity index (χ1v) is 28.8. The summed E-state index contributed by atoms with van der Waals surface area (Å²) in [5.74, 6) is 0. The SMILES string of the molecule is Brc1ccccc1-c1cc(Br)c(-c2ccccc2Br)cc1Br.CCCCc1ccc(-n2c3ccccc3c3cc4c(cc32)c2ccccc2n4-c2ccc(CCCC)cc2)cc1.CCCCc1ccc(N)cc1. The van der Waals surface area contributed by atoms with Gasteiger partial charge in [0.2, 0.25) is 0 Å². The van der Waals surface area contributed by atoms with Crippen molar-refractivity contribution >= 4 is 113 Å². The summed E-state index contributed by atoms with van der Waals surface area (Å²) in [7, 11) is 0. The number of hydrogen-bond acceptors (Lipinski definition) is 1. The summed E-state index contributed by atoms with van der Waals surface area (Å²) in [6.07, 6.45) is 10.9. The maximum absolute atomic E-state index is 5.56. The van der Waals surface area contributed by atoms with Crippen molar-refractivity contribution in [1.29, 1.82) is 0 Å². The van der Waals surface area contributed by atoms with Gasteiger partial charge in [0.05, 0.1) is 22.1 Å². The van der Waals surface area contributed by atoms with E-state index in [0.29, 0.717) is 0 Å². The summed E-state index contributed by atoms with van der Waals surface area (Å²) in [5, 5.41) is 5.17. The molecule has 2 heterocycles. The fourth-order valence-corrected chi connectivity index (χ4v) is 11.9. The van der Waals surface area contributed by atoms with E-state index in [1.165, 1.54) is 117 Å². The first kappa shape index (κ1) is 52.2. The number of halogens is 4. The van der Waals surface area contributed by atoms with Crippen molar-refractivity contribution in [3.05, 3.63) is 229 Å². The fraction of sp³-hybridized carbons (Fsp3) is 0.182. The number of nitrogen functional groups attached to an aromatic ring is 1. The van der Waals surface area contributed by atoms with Crippen molar-refractivity contribution in [2.45, 2.75) is 78.6 Å². The van der Waals surface area contributed by atoms with Crippen molar-refractivity contribution < 1.29 is 0 Å². The first-order valence-electron chi connectivity index (χ1n) is 25.7. The smallest absolute Gasteiger partial charge is 0.0548 e. The first-order chi connectivity index (χ1) is 35.7. The van der Waals surface area contributed by atoms with Crippen molar-refractivity contribution in [2.24, 2.45) is 0 Å². The van der Waals surface area contributed by atoms with Gasteiger partial charge in [0.25, 0.3) is 0 Å². The van der Waals surface area contributed by atoms with Crippen LogP contribution < -0.4 is 5.73 Å². The minimum atomic E-state index is 0.852. The number of para-hydroxylation sites is 2. The number of nitrogens with zero attached hydrogens (tertiary/aromatic N) is 2. The van der Waals surface area contributed by atoms with Crippen LogP contribution in [-0.2, 0) is 19.3 Å². The molecular formula is C66H61Br4N3. The van der Waals surface area contributed by atoms with Gasteiger partial charge in [-0.25, -0.2) is 0 Å². The zero-order chi connectivity index (χ0) is 50.8. The van der Waals surface area contributed by atoms with Crippen molar-refractivity contribution in [3.8, 4) is 33.6 Å². The highest BCUT2D eigenvalue weighted by atomic mass is 79.9. The van der Waals surface area contributed by atoms with Crippen LogP contribution in [0.25, 0.3) is 77.2 Å². The third-order valence-corrected chi connectivity index (χ3v) is 16.4. The maximum atomic E-state index is 5.56. The molecule has 11 rings (SSSR count). The molecule has 73 heavy (non-hydrogen) atoms. The quantitative estimate of drug-likeness (QED) is 0.115. The lowest BCUT2D eigenvalue weighted by molar-refractivity contribution is 0.795. The normalized spacial score (nSPS) is 11.2. The molecule has 0 saturated carbocycles. The van der Waals surface area contributed by atoms with Crippen LogP contribution >= 0.6 is 63.7 Å². The van der Waals surface area contributed by atoms with E-state index in [0.717, 1.165) is 58.7 Å². The zero-order valence-electron chi connectivity index (χ0n) is 41.8. The van der Waals surface area contributed by atoms with Gasteiger partial charge in [-0.2, -0.15) is 0 Å². The van der Waals surface area contributed by atoms with Crippen LogP contribution in [0.3, 0.4) is 0 Å². The lowest BCUT2D eigenvalue weighted by atomic mass is 10.0. The van der Waals surface area contributed by atoms with Gasteiger partial charge in [-0.15, -0.1) is 0 Å². The van der Waals surface area contributed by atoms with Crippen molar-refractivity contribution in [1.82, 2.24) is 9.13 Å². The Balaban J connectivity index is 0.000000165. The summed E-state index contributed by atoms with van der Waals surface area (Å²) in [5.41, 5.74) is 22.7. The summed E-state index contributed by atoms with van der Waals surface area (Å²) in [6, 6.07) is 69.8.